The largest absolute Gasteiger partial charge is 0.457 e. The molecule has 0 saturated carbocycles. The molecular weight excluding hydrogens is 278 g/mol. The van der Waals surface area contributed by atoms with Gasteiger partial charge in [-0.2, -0.15) is 5.26 Å². The van der Waals surface area contributed by atoms with Gasteiger partial charge in [0.1, 0.15) is 18.2 Å². The monoisotopic (exact) mass is 288 g/mol. The number of nitrogens with two attached hydrogens (primary N) is 1. The number of carbonyl (C=O) groups is 1. The zero-order valence-electron chi connectivity index (χ0n) is 10.8. The van der Waals surface area contributed by atoms with E-state index in [4.69, 9.17) is 15.7 Å². The van der Waals surface area contributed by atoms with Crippen molar-refractivity contribution in [1.82, 2.24) is 0 Å². The van der Waals surface area contributed by atoms with Crippen molar-refractivity contribution in [2.75, 3.05) is 5.73 Å². The van der Waals surface area contributed by atoms with Gasteiger partial charge >= 0.3 is 5.97 Å². The number of rotatable bonds is 3. The Kier molecular flexibility index (Phi) is 4.14. The molecule has 0 aliphatic heterocycles. The molecule has 0 aliphatic rings. The lowest BCUT2D eigenvalue weighted by atomic mass is 10.1. The van der Waals surface area contributed by atoms with Gasteiger partial charge in [-0.25, -0.2) is 13.6 Å². The summed E-state index contributed by atoms with van der Waals surface area (Å²) in [6.07, 6.45) is 0. The van der Waals surface area contributed by atoms with Crippen molar-refractivity contribution in [3.8, 4) is 6.07 Å². The average Bonchev–Trinajstić information content (AvgIpc) is 2.46. The predicted octanol–water partition coefficient (Wildman–Crippen LogP) is 2.78. The lowest BCUT2D eigenvalue weighted by Gasteiger charge is -2.08. The van der Waals surface area contributed by atoms with Gasteiger partial charge in [0, 0.05) is 11.3 Å². The van der Waals surface area contributed by atoms with E-state index in [0.717, 1.165) is 18.2 Å². The molecule has 0 bridgehead atoms. The minimum atomic E-state index is -0.797. The third-order valence-electron chi connectivity index (χ3n) is 2.77. The van der Waals surface area contributed by atoms with Gasteiger partial charge < -0.3 is 10.5 Å². The topological polar surface area (TPSA) is 76.1 Å². The molecular formula is C15H10F2N2O2. The first kappa shape index (κ1) is 14.5. The van der Waals surface area contributed by atoms with Gasteiger partial charge in [0.15, 0.2) is 0 Å². The molecule has 0 amide bonds. The molecule has 0 fully saturated rings. The summed E-state index contributed by atoms with van der Waals surface area (Å²) in [6.45, 7) is -0.350. The molecule has 0 unspecified atom stereocenters. The number of nitrogens with zero attached hydrogens (tertiary/aromatic N) is 1. The Morgan fingerprint density at radius 3 is 2.67 bits per heavy atom. The van der Waals surface area contributed by atoms with Crippen LogP contribution in [0.5, 0.6) is 0 Å². The van der Waals surface area contributed by atoms with Crippen LogP contribution in [0.25, 0.3) is 0 Å². The van der Waals surface area contributed by atoms with Crippen LogP contribution in [0.3, 0.4) is 0 Å². The van der Waals surface area contributed by atoms with E-state index >= 15 is 0 Å². The second kappa shape index (κ2) is 6.01. The van der Waals surface area contributed by atoms with Gasteiger partial charge in [0.25, 0.3) is 0 Å². The van der Waals surface area contributed by atoms with E-state index in [0.29, 0.717) is 0 Å². The average molecular weight is 288 g/mol. The molecule has 0 aliphatic carbocycles. The van der Waals surface area contributed by atoms with Crippen molar-refractivity contribution in [2.45, 2.75) is 6.61 Å². The van der Waals surface area contributed by atoms with Gasteiger partial charge in [-0.15, -0.1) is 0 Å². The summed E-state index contributed by atoms with van der Waals surface area (Å²) in [6, 6.07) is 8.84. The molecule has 0 atom stereocenters. The highest BCUT2D eigenvalue weighted by Crippen LogP contribution is 2.17. The van der Waals surface area contributed by atoms with Crippen LogP contribution in [0.1, 0.15) is 21.5 Å². The zero-order chi connectivity index (χ0) is 15.4. The first-order valence-corrected chi connectivity index (χ1v) is 5.92. The molecule has 0 spiro atoms. The van der Waals surface area contributed by atoms with Gasteiger partial charge in [0.2, 0.25) is 0 Å². The summed E-state index contributed by atoms with van der Waals surface area (Å²) < 4.78 is 31.3. The molecule has 2 rings (SSSR count). The molecule has 2 aromatic rings. The van der Waals surface area contributed by atoms with Gasteiger partial charge in [-0.3, -0.25) is 0 Å². The maximum Gasteiger partial charge on any atom is 0.340 e. The summed E-state index contributed by atoms with van der Waals surface area (Å²) in [4.78, 5) is 11.8. The van der Waals surface area contributed by atoms with E-state index in [1.54, 1.807) is 0 Å². The minimum absolute atomic E-state index is 0.00625. The van der Waals surface area contributed by atoms with Gasteiger partial charge in [0.05, 0.1) is 17.2 Å². The maximum absolute atomic E-state index is 13.5. The molecule has 106 valence electrons. The molecule has 2 aromatic carbocycles. The molecule has 4 nitrogen and oxygen atoms in total. The molecule has 21 heavy (non-hydrogen) atoms. The number of ether oxygens (including phenoxy) is 1. The standard InChI is InChI=1S/C15H10F2N2O2/c16-11-2-3-12(14(19)6-11)15(20)21-8-10-5-9(7-18)1-4-13(10)17/h1-6H,8,19H2. The highest BCUT2D eigenvalue weighted by molar-refractivity contribution is 5.94. The summed E-state index contributed by atoms with van der Waals surface area (Å²) in [5.41, 5.74) is 5.76. The SMILES string of the molecule is N#Cc1ccc(F)c(COC(=O)c2ccc(F)cc2N)c1. The molecule has 0 radical (unpaired) electrons. The number of esters is 1. The first-order valence-electron chi connectivity index (χ1n) is 5.92. The van der Waals surface area contributed by atoms with Crippen LogP contribution >= 0.6 is 0 Å². The number of nitriles is 1. The highest BCUT2D eigenvalue weighted by Gasteiger charge is 2.13. The lowest BCUT2D eigenvalue weighted by Crippen LogP contribution is -2.09. The van der Waals surface area contributed by atoms with E-state index in [-0.39, 0.29) is 29.0 Å². The smallest absolute Gasteiger partial charge is 0.340 e. The number of carbonyl (C=O) groups excluding carboxylic acids is 1. The Balaban J connectivity index is 2.13. The third kappa shape index (κ3) is 3.34. The van der Waals surface area contributed by atoms with Crippen molar-refractivity contribution in [3.63, 3.8) is 0 Å². The summed E-state index contributed by atoms with van der Waals surface area (Å²) >= 11 is 0. The fourth-order valence-corrected chi connectivity index (χ4v) is 1.70. The minimum Gasteiger partial charge on any atom is -0.457 e. The number of benzene rings is 2. The number of nitrogen functional groups attached to an aromatic ring is 1. The molecule has 0 aromatic heterocycles. The van der Waals surface area contributed by atoms with Crippen LogP contribution in [0.15, 0.2) is 36.4 Å². The Bertz CT molecular complexity index is 739. The summed E-state index contributed by atoms with van der Waals surface area (Å²) in [7, 11) is 0. The van der Waals surface area contributed by atoms with Crippen LogP contribution in [-0.2, 0) is 11.3 Å². The third-order valence-corrected chi connectivity index (χ3v) is 2.77. The second-order valence-electron chi connectivity index (χ2n) is 4.23. The van der Waals surface area contributed by atoms with Crippen LogP contribution in [0.4, 0.5) is 14.5 Å². The first-order chi connectivity index (χ1) is 10.0. The number of anilines is 1. The zero-order valence-corrected chi connectivity index (χ0v) is 10.8. The lowest BCUT2D eigenvalue weighted by molar-refractivity contribution is 0.0470. The second-order valence-corrected chi connectivity index (χ2v) is 4.23. The van der Waals surface area contributed by atoms with E-state index in [1.165, 1.54) is 18.2 Å². The number of hydrogen-bond donors (Lipinski definition) is 1. The van der Waals surface area contributed by atoms with E-state index in [1.807, 2.05) is 6.07 Å². The van der Waals surface area contributed by atoms with Crippen molar-refractivity contribution in [1.29, 1.82) is 5.26 Å². The fourth-order valence-electron chi connectivity index (χ4n) is 1.70. The fraction of sp³-hybridized carbons (Fsp3) is 0.0667. The van der Waals surface area contributed by atoms with Crippen molar-refractivity contribution in [2.24, 2.45) is 0 Å². The Morgan fingerprint density at radius 1 is 1.24 bits per heavy atom. The van der Waals surface area contributed by atoms with Crippen LogP contribution in [0.2, 0.25) is 0 Å². The van der Waals surface area contributed by atoms with E-state index in [9.17, 15) is 13.6 Å². The van der Waals surface area contributed by atoms with Gasteiger partial charge in [-0.05, 0) is 36.4 Å². The number of hydrogen-bond acceptors (Lipinski definition) is 4. The molecule has 2 N–H and O–H groups in total. The quantitative estimate of drug-likeness (QED) is 0.696. The normalized spacial score (nSPS) is 9.95. The van der Waals surface area contributed by atoms with E-state index < -0.39 is 17.6 Å². The van der Waals surface area contributed by atoms with E-state index in [2.05, 4.69) is 0 Å². The van der Waals surface area contributed by atoms with Crippen molar-refractivity contribution >= 4 is 11.7 Å². The summed E-state index contributed by atoms with van der Waals surface area (Å²) in [5, 5.41) is 8.74. The Hall–Kier alpha value is -2.94. The van der Waals surface area contributed by atoms with Crippen molar-refractivity contribution in [3.05, 3.63) is 64.7 Å². The molecule has 0 saturated heterocycles. The van der Waals surface area contributed by atoms with Crippen LogP contribution < -0.4 is 5.73 Å². The van der Waals surface area contributed by atoms with Crippen LogP contribution in [0, 0.1) is 23.0 Å². The summed E-state index contributed by atoms with van der Waals surface area (Å²) in [5.74, 6) is -1.96. The van der Waals surface area contributed by atoms with Crippen LogP contribution in [-0.4, -0.2) is 5.97 Å². The van der Waals surface area contributed by atoms with Gasteiger partial charge in [-0.1, -0.05) is 0 Å². The highest BCUT2D eigenvalue weighted by atomic mass is 19.1. The maximum atomic E-state index is 13.5. The van der Waals surface area contributed by atoms with Crippen molar-refractivity contribution < 1.29 is 18.3 Å². The molecule has 6 heteroatoms. The Morgan fingerprint density at radius 2 is 2.00 bits per heavy atom. The number of halogens is 2. The predicted molar refractivity (Wildman–Crippen MR) is 71.0 cm³/mol. The molecule has 0 heterocycles. The Labute approximate surface area is 119 Å².